The highest BCUT2D eigenvalue weighted by molar-refractivity contribution is 5.40. The Bertz CT molecular complexity index is 428. The Balaban J connectivity index is 2.13. The molecule has 2 rings (SSSR count). The molecule has 1 aromatic carbocycles. The summed E-state index contributed by atoms with van der Waals surface area (Å²) in [4.78, 5) is 0. The van der Waals surface area contributed by atoms with E-state index < -0.39 is 0 Å². The van der Waals surface area contributed by atoms with Gasteiger partial charge in [0, 0.05) is 6.04 Å². The van der Waals surface area contributed by atoms with Crippen LogP contribution in [0.1, 0.15) is 30.5 Å². The number of ether oxygens (including phenoxy) is 1. The van der Waals surface area contributed by atoms with Gasteiger partial charge in [-0.2, -0.15) is 0 Å². The van der Waals surface area contributed by atoms with E-state index in [2.05, 4.69) is 29.3 Å². The highest BCUT2D eigenvalue weighted by Gasteiger charge is 2.21. The molecule has 0 fully saturated rings. The minimum Gasteiger partial charge on any atom is -0.497 e. The second-order valence-electron chi connectivity index (χ2n) is 3.96. The van der Waals surface area contributed by atoms with Crippen molar-refractivity contribution in [3.05, 3.63) is 29.3 Å². The Kier molecular flexibility index (Phi) is 3.48. The number of methoxy groups -OCH3 is 1. The summed E-state index contributed by atoms with van der Waals surface area (Å²) in [7, 11) is 1.71. The molecular formula is C14H17NO. The fraction of sp³-hybridized carbons (Fsp3) is 0.429. The average molecular weight is 215 g/mol. The van der Waals surface area contributed by atoms with E-state index in [0.29, 0.717) is 6.04 Å². The molecule has 1 unspecified atom stereocenters. The van der Waals surface area contributed by atoms with Gasteiger partial charge in [0.05, 0.1) is 13.7 Å². The minimum atomic E-state index is 0.436. The third kappa shape index (κ3) is 2.20. The average Bonchev–Trinajstić information content (AvgIpc) is 2.72. The van der Waals surface area contributed by atoms with Gasteiger partial charge < -0.3 is 4.74 Å². The van der Waals surface area contributed by atoms with Crippen LogP contribution in [0.5, 0.6) is 5.75 Å². The quantitative estimate of drug-likeness (QED) is 0.781. The first-order chi connectivity index (χ1) is 7.85. The van der Waals surface area contributed by atoms with Crippen LogP contribution in [0.15, 0.2) is 18.2 Å². The Morgan fingerprint density at radius 3 is 3.12 bits per heavy atom. The van der Waals surface area contributed by atoms with Gasteiger partial charge in [-0.05, 0) is 43.0 Å². The third-order valence-electron chi connectivity index (χ3n) is 3.04. The maximum atomic E-state index is 5.26. The van der Waals surface area contributed by atoms with E-state index in [1.807, 2.05) is 13.0 Å². The van der Waals surface area contributed by atoms with Crippen LogP contribution in [-0.4, -0.2) is 13.7 Å². The summed E-state index contributed by atoms with van der Waals surface area (Å²) in [6.07, 6.45) is 2.31. The molecule has 0 aromatic heterocycles. The minimum absolute atomic E-state index is 0.436. The summed E-state index contributed by atoms with van der Waals surface area (Å²) in [6.45, 7) is 2.63. The predicted molar refractivity (Wildman–Crippen MR) is 65.5 cm³/mol. The van der Waals surface area contributed by atoms with Crippen molar-refractivity contribution in [2.45, 2.75) is 25.8 Å². The van der Waals surface area contributed by atoms with Crippen molar-refractivity contribution >= 4 is 0 Å². The molecular weight excluding hydrogens is 198 g/mol. The van der Waals surface area contributed by atoms with Crippen LogP contribution in [0, 0.1) is 11.8 Å². The van der Waals surface area contributed by atoms with Crippen molar-refractivity contribution in [1.82, 2.24) is 5.32 Å². The predicted octanol–water partition coefficient (Wildman–Crippen LogP) is 2.30. The molecule has 1 aliphatic carbocycles. The molecule has 0 spiro atoms. The lowest BCUT2D eigenvalue weighted by molar-refractivity contribution is 0.413. The van der Waals surface area contributed by atoms with Gasteiger partial charge in [-0.15, -0.1) is 5.92 Å². The lowest BCUT2D eigenvalue weighted by atomic mass is 10.1. The first kappa shape index (κ1) is 11.0. The van der Waals surface area contributed by atoms with E-state index in [1.165, 1.54) is 11.1 Å². The van der Waals surface area contributed by atoms with Gasteiger partial charge in [0.1, 0.15) is 5.75 Å². The van der Waals surface area contributed by atoms with Gasteiger partial charge in [0.15, 0.2) is 0 Å². The molecule has 16 heavy (non-hydrogen) atoms. The van der Waals surface area contributed by atoms with Crippen LogP contribution >= 0.6 is 0 Å². The Morgan fingerprint density at radius 1 is 1.50 bits per heavy atom. The second-order valence-corrected chi connectivity index (χ2v) is 3.96. The molecule has 0 heterocycles. The summed E-state index contributed by atoms with van der Waals surface area (Å²) in [6, 6.07) is 6.78. The van der Waals surface area contributed by atoms with Gasteiger partial charge in [-0.25, -0.2) is 0 Å². The number of aryl methyl sites for hydroxylation is 1. The number of hydrogen-bond donors (Lipinski definition) is 1. The molecule has 2 nitrogen and oxygen atoms in total. The maximum absolute atomic E-state index is 5.26. The van der Waals surface area contributed by atoms with Crippen LogP contribution in [0.4, 0.5) is 0 Å². The number of benzene rings is 1. The number of fused-ring (bicyclic) bond motifs is 1. The second kappa shape index (κ2) is 5.05. The van der Waals surface area contributed by atoms with Gasteiger partial charge >= 0.3 is 0 Å². The fourth-order valence-electron chi connectivity index (χ4n) is 2.18. The van der Waals surface area contributed by atoms with Gasteiger partial charge in [-0.1, -0.05) is 12.0 Å². The monoisotopic (exact) mass is 215 g/mol. The topological polar surface area (TPSA) is 21.3 Å². The number of rotatable bonds is 3. The van der Waals surface area contributed by atoms with E-state index in [0.717, 1.165) is 25.1 Å². The van der Waals surface area contributed by atoms with Crippen molar-refractivity contribution in [1.29, 1.82) is 0 Å². The van der Waals surface area contributed by atoms with E-state index in [9.17, 15) is 0 Å². The van der Waals surface area contributed by atoms with E-state index in [1.54, 1.807) is 7.11 Å². The van der Waals surface area contributed by atoms with Crippen LogP contribution in [-0.2, 0) is 6.42 Å². The summed E-state index contributed by atoms with van der Waals surface area (Å²) in [5, 5.41) is 3.46. The number of nitrogens with one attached hydrogen (secondary N) is 1. The Morgan fingerprint density at radius 2 is 2.38 bits per heavy atom. The van der Waals surface area contributed by atoms with Crippen LogP contribution in [0.3, 0.4) is 0 Å². The molecule has 1 aromatic rings. The SMILES string of the molecule is CC#CCNC1CCc2ccc(OC)cc21. The molecule has 0 radical (unpaired) electrons. The zero-order chi connectivity index (χ0) is 11.4. The molecule has 84 valence electrons. The zero-order valence-electron chi connectivity index (χ0n) is 9.84. The summed E-state index contributed by atoms with van der Waals surface area (Å²) in [5.74, 6) is 6.88. The van der Waals surface area contributed by atoms with Gasteiger partial charge in [-0.3, -0.25) is 5.32 Å². The lowest BCUT2D eigenvalue weighted by Gasteiger charge is -2.12. The Labute approximate surface area is 97.0 Å². The van der Waals surface area contributed by atoms with Crippen LogP contribution in [0.2, 0.25) is 0 Å². The molecule has 1 N–H and O–H groups in total. The largest absolute Gasteiger partial charge is 0.497 e. The molecule has 2 heteroatoms. The molecule has 1 atom stereocenters. The molecule has 1 aliphatic rings. The van der Waals surface area contributed by atoms with E-state index in [4.69, 9.17) is 4.74 Å². The molecule has 0 amide bonds. The first-order valence-corrected chi connectivity index (χ1v) is 5.65. The van der Waals surface area contributed by atoms with Crippen molar-refractivity contribution in [3.8, 4) is 17.6 Å². The number of hydrogen-bond acceptors (Lipinski definition) is 2. The van der Waals surface area contributed by atoms with Crippen molar-refractivity contribution in [2.24, 2.45) is 0 Å². The summed E-state index contributed by atoms with van der Waals surface area (Å²) in [5.41, 5.74) is 2.81. The van der Waals surface area contributed by atoms with E-state index >= 15 is 0 Å². The van der Waals surface area contributed by atoms with Gasteiger partial charge in [0.2, 0.25) is 0 Å². The zero-order valence-corrected chi connectivity index (χ0v) is 9.84. The standard InChI is InChI=1S/C14H17NO/c1-3-4-9-15-14-8-6-11-5-7-12(16-2)10-13(11)14/h5,7,10,14-15H,6,8-9H2,1-2H3. The highest BCUT2D eigenvalue weighted by atomic mass is 16.5. The maximum Gasteiger partial charge on any atom is 0.119 e. The Hall–Kier alpha value is -1.46. The smallest absolute Gasteiger partial charge is 0.119 e. The summed E-state index contributed by atoms with van der Waals surface area (Å²) < 4.78 is 5.26. The molecule has 0 saturated heterocycles. The third-order valence-corrected chi connectivity index (χ3v) is 3.04. The lowest BCUT2D eigenvalue weighted by Crippen LogP contribution is -2.19. The first-order valence-electron chi connectivity index (χ1n) is 5.65. The molecule has 0 saturated carbocycles. The van der Waals surface area contributed by atoms with Crippen LogP contribution < -0.4 is 10.1 Å². The van der Waals surface area contributed by atoms with E-state index in [-0.39, 0.29) is 0 Å². The summed E-state index contributed by atoms with van der Waals surface area (Å²) >= 11 is 0. The van der Waals surface area contributed by atoms with Crippen molar-refractivity contribution in [3.63, 3.8) is 0 Å². The van der Waals surface area contributed by atoms with Crippen molar-refractivity contribution in [2.75, 3.05) is 13.7 Å². The van der Waals surface area contributed by atoms with Gasteiger partial charge in [0.25, 0.3) is 0 Å². The molecule has 0 aliphatic heterocycles. The van der Waals surface area contributed by atoms with Crippen LogP contribution in [0.25, 0.3) is 0 Å². The molecule has 0 bridgehead atoms. The highest BCUT2D eigenvalue weighted by Crippen LogP contribution is 2.33. The van der Waals surface area contributed by atoms with Crippen molar-refractivity contribution < 1.29 is 4.74 Å². The fourth-order valence-corrected chi connectivity index (χ4v) is 2.18. The normalized spacial score (nSPS) is 17.5.